The molecule has 0 saturated heterocycles. The number of phenols is 1. The molecule has 2 rings (SSSR count). The minimum Gasteiger partial charge on any atom is -0.508 e. The Morgan fingerprint density at radius 2 is 1.93 bits per heavy atom. The third-order valence-corrected chi connectivity index (χ3v) is 2.53. The van der Waals surface area contributed by atoms with Crippen molar-refractivity contribution in [1.82, 2.24) is 4.57 Å². The van der Waals surface area contributed by atoms with Gasteiger partial charge in [-0.2, -0.15) is 0 Å². The predicted molar refractivity (Wildman–Crippen MR) is 58.7 cm³/mol. The fourth-order valence-corrected chi connectivity index (χ4v) is 2.05. The Hall–Kier alpha value is -1.44. The van der Waals surface area contributed by atoms with E-state index in [4.69, 9.17) is 0 Å². The Bertz CT molecular complexity index is 468. The average molecular weight is 189 g/mol. The average Bonchev–Trinajstić information content (AvgIpc) is 2.39. The van der Waals surface area contributed by atoms with E-state index in [0.29, 0.717) is 11.8 Å². The molecule has 2 nitrogen and oxygen atoms in total. The van der Waals surface area contributed by atoms with Crippen molar-refractivity contribution in [1.29, 1.82) is 0 Å². The molecule has 0 aliphatic rings. The number of nitrogens with zero attached hydrogens (tertiary/aromatic N) is 1. The van der Waals surface area contributed by atoms with Crippen LogP contribution in [0.15, 0.2) is 24.3 Å². The van der Waals surface area contributed by atoms with Crippen molar-refractivity contribution in [2.45, 2.75) is 26.8 Å². The van der Waals surface area contributed by atoms with Crippen molar-refractivity contribution in [3.63, 3.8) is 0 Å². The zero-order chi connectivity index (χ0) is 10.3. The van der Waals surface area contributed by atoms with Crippen LogP contribution in [0.2, 0.25) is 0 Å². The minimum atomic E-state index is 0.332. The smallest absolute Gasteiger partial charge is 0.116 e. The lowest BCUT2D eigenvalue weighted by Crippen LogP contribution is -2.01. The fraction of sp³-hybridized carbons (Fsp3) is 0.333. The lowest BCUT2D eigenvalue weighted by atomic mass is 10.2. The first-order valence-electron chi connectivity index (χ1n) is 4.90. The largest absolute Gasteiger partial charge is 0.508 e. The first kappa shape index (κ1) is 9.13. The second kappa shape index (κ2) is 3.05. The number of rotatable bonds is 1. The van der Waals surface area contributed by atoms with Crippen molar-refractivity contribution in [3.05, 3.63) is 30.0 Å². The monoisotopic (exact) mass is 189 g/mol. The molecule has 0 spiro atoms. The van der Waals surface area contributed by atoms with Crippen LogP contribution in [0, 0.1) is 6.92 Å². The van der Waals surface area contributed by atoms with E-state index in [-0.39, 0.29) is 0 Å². The Balaban J connectivity index is 2.77. The van der Waals surface area contributed by atoms with Gasteiger partial charge >= 0.3 is 0 Å². The third-order valence-electron chi connectivity index (χ3n) is 2.53. The molecular weight excluding hydrogens is 174 g/mol. The quantitative estimate of drug-likeness (QED) is 0.732. The van der Waals surface area contributed by atoms with Crippen LogP contribution in [-0.2, 0) is 0 Å². The van der Waals surface area contributed by atoms with Crippen molar-refractivity contribution < 1.29 is 5.11 Å². The molecule has 1 aromatic carbocycles. The number of fused-ring (bicyclic) bond motifs is 1. The lowest BCUT2D eigenvalue weighted by Gasteiger charge is -2.12. The van der Waals surface area contributed by atoms with Crippen molar-refractivity contribution in [3.8, 4) is 5.75 Å². The SMILES string of the molecule is Cc1cc2cc(O)ccc2n1C(C)C. The van der Waals surface area contributed by atoms with Gasteiger partial charge in [-0.3, -0.25) is 0 Å². The second-order valence-electron chi connectivity index (χ2n) is 3.99. The molecule has 0 aliphatic carbocycles. The van der Waals surface area contributed by atoms with Crippen LogP contribution in [0.3, 0.4) is 0 Å². The maximum atomic E-state index is 9.36. The number of hydrogen-bond acceptors (Lipinski definition) is 1. The van der Waals surface area contributed by atoms with E-state index in [1.54, 1.807) is 12.1 Å². The predicted octanol–water partition coefficient (Wildman–Crippen LogP) is 3.24. The summed E-state index contributed by atoms with van der Waals surface area (Å²) in [6.07, 6.45) is 0. The van der Waals surface area contributed by atoms with Crippen molar-refractivity contribution >= 4 is 10.9 Å². The number of benzene rings is 1. The molecule has 0 unspecified atom stereocenters. The van der Waals surface area contributed by atoms with E-state index in [1.165, 1.54) is 11.2 Å². The second-order valence-corrected chi connectivity index (χ2v) is 3.99. The Morgan fingerprint density at radius 3 is 2.57 bits per heavy atom. The van der Waals surface area contributed by atoms with Crippen LogP contribution in [0.5, 0.6) is 5.75 Å². The fourth-order valence-electron chi connectivity index (χ4n) is 2.05. The molecule has 14 heavy (non-hydrogen) atoms. The van der Waals surface area contributed by atoms with Crippen molar-refractivity contribution in [2.24, 2.45) is 0 Å². The maximum absolute atomic E-state index is 9.36. The Kier molecular flexibility index (Phi) is 1.99. The summed E-state index contributed by atoms with van der Waals surface area (Å²) in [6, 6.07) is 8.08. The van der Waals surface area contributed by atoms with E-state index >= 15 is 0 Å². The zero-order valence-electron chi connectivity index (χ0n) is 8.78. The first-order chi connectivity index (χ1) is 6.59. The lowest BCUT2D eigenvalue weighted by molar-refractivity contribution is 0.476. The van der Waals surface area contributed by atoms with E-state index in [9.17, 15) is 5.11 Å². The van der Waals surface area contributed by atoms with Gasteiger partial charge in [0.15, 0.2) is 0 Å². The van der Waals surface area contributed by atoms with Crippen LogP contribution >= 0.6 is 0 Å². The van der Waals surface area contributed by atoms with Gasteiger partial charge in [0.2, 0.25) is 0 Å². The highest BCUT2D eigenvalue weighted by Gasteiger charge is 2.08. The van der Waals surface area contributed by atoms with Crippen LogP contribution in [0.25, 0.3) is 10.9 Å². The molecule has 0 amide bonds. The number of aromatic hydroxyl groups is 1. The van der Waals surface area contributed by atoms with E-state index in [0.717, 1.165) is 5.39 Å². The summed E-state index contributed by atoms with van der Waals surface area (Å²) < 4.78 is 2.27. The summed E-state index contributed by atoms with van der Waals surface area (Å²) in [5.41, 5.74) is 2.43. The molecule has 1 N–H and O–H groups in total. The van der Waals surface area contributed by atoms with E-state index < -0.39 is 0 Å². The first-order valence-corrected chi connectivity index (χ1v) is 4.90. The van der Waals surface area contributed by atoms with Gasteiger partial charge in [0.05, 0.1) is 0 Å². The minimum absolute atomic E-state index is 0.332. The summed E-state index contributed by atoms with van der Waals surface area (Å²) in [5, 5.41) is 10.5. The van der Waals surface area contributed by atoms with Gasteiger partial charge in [-0.15, -0.1) is 0 Å². The zero-order valence-corrected chi connectivity index (χ0v) is 8.78. The van der Waals surface area contributed by atoms with Gasteiger partial charge in [0.25, 0.3) is 0 Å². The molecule has 0 bridgehead atoms. The van der Waals surface area contributed by atoms with Gasteiger partial charge in [0, 0.05) is 22.6 Å². The Labute approximate surface area is 83.8 Å². The van der Waals surface area contributed by atoms with Gasteiger partial charge in [-0.05, 0) is 45.0 Å². The summed E-state index contributed by atoms with van der Waals surface area (Å²) in [7, 11) is 0. The van der Waals surface area contributed by atoms with Crippen molar-refractivity contribution in [2.75, 3.05) is 0 Å². The molecule has 0 atom stereocenters. The van der Waals surface area contributed by atoms with Crippen LogP contribution in [-0.4, -0.2) is 9.67 Å². The molecule has 2 aromatic rings. The normalized spacial score (nSPS) is 11.4. The van der Waals surface area contributed by atoms with Gasteiger partial charge < -0.3 is 9.67 Å². The number of hydrogen-bond donors (Lipinski definition) is 1. The number of aromatic nitrogens is 1. The molecule has 74 valence electrons. The topological polar surface area (TPSA) is 25.2 Å². The molecule has 0 saturated carbocycles. The number of phenolic OH excluding ortho intramolecular Hbond substituents is 1. The van der Waals surface area contributed by atoms with E-state index in [2.05, 4.69) is 31.4 Å². The number of aryl methyl sites for hydroxylation is 1. The molecule has 0 radical (unpaired) electrons. The van der Waals surface area contributed by atoms with Gasteiger partial charge in [-0.25, -0.2) is 0 Å². The summed E-state index contributed by atoms with van der Waals surface area (Å²) in [5.74, 6) is 0.332. The summed E-state index contributed by atoms with van der Waals surface area (Å²) in [4.78, 5) is 0. The van der Waals surface area contributed by atoms with Crippen LogP contribution in [0.1, 0.15) is 25.6 Å². The standard InChI is InChI=1S/C12H15NO/c1-8(2)13-9(3)6-10-7-11(14)4-5-12(10)13/h4-8,14H,1-3H3. The van der Waals surface area contributed by atoms with Gasteiger partial charge in [-0.1, -0.05) is 0 Å². The molecule has 1 aromatic heterocycles. The third kappa shape index (κ3) is 1.27. The highest BCUT2D eigenvalue weighted by Crippen LogP contribution is 2.26. The molecule has 0 aliphatic heterocycles. The molecule has 1 heterocycles. The summed E-state index contributed by atoms with van der Waals surface area (Å²) >= 11 is 0. The van der Waals surface area contributed by atoms with Gasteiger partial charge in [0.1, 0.15) is 5.75 Å². The summed E-state index contributed by atoms with van der Waals surface area (Å²) in [6.45, 7) is 6.43. The molecule has 0 fully saturated rings. The highest BCUT2D eigenvalue weighted by molar-refractivity contribution is 5.82. The highest BCUT2D eigenvalue weighted by atomic mass is 16.3. The molecular formula is C12H15NO. The van der Waals surface area contributed by atoms with Crippen LogP contribution < -0.4 is 0 Å². The maximum Gasteiger partial charge on any atom is 0.116 e. The van der Waals surface area contributed by atoms with Crippen LogP contribution in [0.4, 0.5) is 0 Å². The van der Waals surface area contributed by atoms with E-state index in [1.807, 2.05) is 6.07 Å². The Morgan fingerprint density at radius 1 is 1.21 bits per heavy atom. The molecule has 2 heteroatoms.